The molecule has 0 amide bonds. The normalized spacial score (nSPS) is 10.0. The first-order chi connectivity index (χ1) is 9.10. The van der Waals surface area contributed by atoms with E-state index in [0.717, 1.165) is 5.56 Å². The average Bonchev–Trinajstić information content (AvgIpc) is 2.37. The van der Waals surface area contributed by atoms with E-state index in [-0.39, 0.29) is 0 Å². The molecule has 0 fully saturated rings. The van der Waals surface area contributed by atoms with Crippen LogP contribution in [0.1, 0.15) is 11.3 Å². The predicted molar refractivity (Wildman–Crippen MR) is 75.4 cm³/mol. The Bertz CT molecular complexity index is 632. The van der Waals surface area contributed by atoms with Gasteiger partial charge in [-0.25, -0.2) is 9.37 Å². The fourth-order valence-corrected chi connectivity index (χ4v) is 2.51. The summed E-state index contributed by atoms with van der Waals surface area (Å²) in [7, 11) is 0. The molecule has 1 aromatic heterocycles. The number of aromatic nitrogens is 1. The van der Waals surface area contributed by atoms with Crippen LogP contribution < -0.4 is 5.32 Å². The van der Waals surface area contributed by atoms with Gasteiger partial charge in [-0.15, -0.1) is 0 Å². The predicted octanol–water partition coefficient (Wildman–Crippen LogP) is 4.12. The van der Waals surface area contributed by atoms with Gasteiger partial charge in [-0.05, 0) is 45.8 Å². The van der Waals surface area contributed by atoms with Gasteiger partial charge in [0.05, 0.1) is 10.7 Å². The van der Waals surface area contributed by atoms with E-state index in [1.807, 2.05) is 6.07 Å². The fourth-order valence-electron chi connectivity index (χ4n) is 1.55. The highest BCUT2D eigenvalue weighted by Crippen LogP contribution is 2.31. The second kappa shape index (κ2) is 6.00. The Hall–Kier alpha value is -1.64. The molecule has 6 heteroatoms. The summed E-state index contributed by atoms with van der Waals surface area (Å²) < 4.78 is 13.6. The Morgan fingerprint density at radius 1 is 1.42 bits per heavy atom. The number of anilines is 1. The zero-order valence-corrected chi connectivity index (χ0v) is 12.0. The Labute approximate surface area is 123 Å². The minimum absolute atomic E-state index is 0.293. The van der Waals surface area contributed by atoms with E-state index >= 15 is 0 Å². The van der Waals surface area contributed by atoms with Crippen LogP contribution in [0, 0.1) is 17.1 Å². The molecule has 0 radical (unpaired) electrons. The van der Waals surface area contributed by atoms with Crippen molar-refractivity contribution in [2.24, 2.45) is 0 Å². The van der Waals surface area contributed by atoms with Crippen LogP contribution >= 0.6 is 27.5 Å². The highest BCUT2D eigenvalue weighted by atomic mass is 79.9. The molecule has 1 heterocycles. The first kappa shape index (κ1) is 13.8. The van der Waals surface area contributed by atoms with Gasteiger partial charge in [-0.1, -0.05) is 11.6 Å². The number of rotatable bonds is 3. The molecular formula is C13H8BrClFN3. The zero-order chi connectivity index (χ0) is 13.8. The Morgan fingerprint density at radius 2 is 2.21 bits per heavy atom. The van der Waals surface area contributed by atoms with E-state index in [0.29, 0.717) is 27.4 Å². The number of nitriles is 1. The number of halogens is 3. The van der Waals surface area contributed by atoms with Gasteiger partial charge in [0.15, 0.2) is 0 Å². The highest BCUT2D eigenvalue weighted by molar-refractivity contribution is 9.10. The van der Waals surface area contributed by atoms with Gasteiger partial charge in [0.2, 0.25) is 0 Å². The standard InChI is InChI=1S/C13H8BrClFN3/c14-11-4-9(16)5-12(15)13(11)19-7-8-1-2-18-10(3-8)6-17/h1-5,19H,7H2. The van der Waals surface area contributed by atoms with Crippen LogP contribution in [0.25, 0.3) is 0 Å². The van der Waals surface area contributed by atoms with Gasteiger partial charge in [0.25, 0.3) is 0 Å². The third-order valence-corrected chi connectivity index (χ3v) is 3.34. The van der Waals surface area contributed by atoms with Crippen LogP contribution in [0.2, 0.25) is 5.02 Å². The van der Waals surface area contributed by atoms with Gasteiger partial charge in [-0.2, -0.15) is 5.26 Å². The molecule has 19 heavy (non-hydrogen) atoms. The number of nitrogens with one attached hydrogen (secondary N) is 1. The molecule has 0 saturated heterocycles. The Morgan fingerprint density at radius 3 is 2.89 bits per heavy atom. The lowest BCUT2D eigenvalue weighted by atomic mass is 10.2. The first-order valence-electron chi connectivity index (χ1n) is 5.33. The van der Waals surface area contributed by atoms with Crippen LogP contribution in [0.15, 0.2) is 34.9 Å². The minimum Gasteiger partial charge on any atom is -0.379 e. The lowest BCUT2D eigenvalue weighted by Crippen LogP contribution is -2.02. The van der Waals surface area contributed by atoms with E-state index in [1.165, 1.54) is 12.1 Å². The third kappa shape index (κ3) is 3.43. The molecule has 0 atom stereocenters. The van der Waals surface area contributed by atoms with Gasteiger partial charge in [0.1, 0.15) is 17.6 Å². The van der Waals surface area contributed by atoms with Gasteiger partial charge in [-0.3, -0.25) is 0 Å². The van der Waals surface area contributed by atoms with Crippen molar-refractivity contribution in [1.82, 2.24) is 4.98 Å². The van der Waals surface area contributed by atoms with Gasteiger partial charge >= 0.3 is 0 Å². The second-order valence-electron chi connectivity index (χ2n) is 3.76. The Balaban J connectivity index is 2.17. The van der Waals surface area contributed by atoms with Crippen molar-refractivity contribution in [1.29, 1.82) is 5.26 Å². The molecule has 1 N–H and O–H groups in total. The SMILES string of the molecule is N#Cc1cc(CNc2c(Cl)cc(F)cc2Br)ccn1. The lowest BCUT2D eigenvalue weighted by molar-refractivity contribution is 0.627. The van der Waals surface area contributed by atoms with Crippen molar-refractivity contribution in [3.05, 3.63) is 57.0 Å². The molecule has 2 aromatic rings. The number of hydrogen-bond acceptors (Lipinski definition) is 3. The first-order valence-corrected chi connectivity index (χ1v) is 6.50. The number of pyridine rings is 1. The van der Waals surface area contributed by atoms with E-state index < -0.39 is 5.82 Å². The smallest absolute Gasteiger partial charge is 0.140 e. The summed E-state index contributed by atoms with van der Waals surface area (Å²) >= 11 is 9.21. The summed E-state index contributed by atoms with van der Waals surface area (Å²) in [5.41, 5.74) is 1.85. The second-order valence-corrected chi connectivity index (χ2v) is 5.02. The molecule has 3 nitrogen and oxygen atoms in total. The zero-order valence-electron chi connectivity index (χ0n) is 9.62. The maximum absolute atomic E-state index is 13.1. The van der Waals surface area contributed by atoms with Crippen LogP contribution in [0.5, 0.6) is 0 Å². The van der Waals surface area contributed by atoms with Crippen LogP contribution in [-0.4, -0.2) is 4.98 Å². The number of hydrogen-bond donors (Lipinski definition) is 1. The minimum atomic E-state index is -0.405. The van der Waals surface area contributed by atoms with Crippen LogP contribution in [0.4, 0.5) is 10.1 Å². The quantitative estimate of drug-likeness (QED) is 0.914. The molecule has 0 aliphatic heterocycles. The molecule has 1 aromatic carbocycles. The van der Waals surface area contributed by atoms with Crippen molar-refractivity contribution in [3.8, 4) is 6.07 Å². The van der Waals surface area contributed by atoms with Crippen molar-refractivity contribution < 1.29 is 4.39 Å². The molecule has 0 aliphatic carbocycles. The Kier molecular flexibility index (Phi) is 4.35. The monoisotopic (exact) mass is 339 g/mol. The highest BCUT2D eigenvalue weighted by Gasteiger charge is 2.08. The van der Waals surface area contributed by atoms with E-state index in [4.69, 9.17) is 16.9 Å². The maximum Gasteiger partial charge on any atom is 0.140 e. The van der Waals surface area contributed by atoms with Crippen molar-refractivity contribution in [2.45, 2.75) is 6.54 Å². The largest absolute Gasteiger partial charge is 0.379 e. The summed E-state index contributed by atoms with van der Waals surface area (Å²) in [5.74, 6) is -0.405. The van der Waals surface area contributed by atoms with E-state index in [2.05, 4.69) is 26.2 Å². The summed E-state index contributed by atoms with van der Waals surface area (Å²) in [6.07, 6.45) is 1.57. The van der Waals surface area contributed by atoms with Crippen LogP contribution in [0.3, 0.4) is 0 Å². The van der Waals surface area contributed by atoms with Gasteiger partial charge < -0.3 is 5.32 Å². The fraction of sp³-hybridized carbons (Fsp3) is 0.0769. The summed E-state index contributed by atoms with van der Waals surface area (Å²) in [6, 6.07) is 8.01. The molecule has 0 aliphatic rings. The van der Waals surface area contributed by atoms with Crippen molar-refractivity contribution >= 4 is 33.2 Å². The van der Waals surface area contributed by atoms with Crippen LogP contribution in [-0.2, 0) is 6.54 Å². The number of nitrogens with zero attached hydrogens (tertiary/aromatic N) is 2. The number of benzene rings is 1. The summed E-state index contributed by atoms with van der Waals surface area (Å²) in [4.78, 5) is 3.89. The maximum atomic E-state index is 13.1. The molecular weight excluding hydrogens is 333 g/mol. The molecule has 0 bridgehead atoms. The lowest BCUT2D eigenvalue weighted by Gasteiger charge is -2.11. The molecule has 0 unspecified atom stereocenters. The molecule has 0 saturated carbocycles. The van der Waals surface area contributed by atoms with E-state index in [9.17, 15) is 4.39 Å². The van der Waals surface area contributed by atoms with Crippen molar-refractivity contribution in [2.75, 3.05) is 5.32 Å². The third-order valence-electron chi connectivity index (χ3n) is 2.42. The van der Waals surface area contributed by atoms with E-state index in [1.54, 1.807) is 18.3 Å². The molecule has 2 rings (SSSR count). The van der Waals surface area contributed by atoms with Gasteiger partial charge in [0, 0.05) is 17.2 Å². The topological polar surface area (TPSA) is 48.7 Å². The molecule has 96 valence electrons. The average molecular weight is 341 g/mol. The molecule has 0 spiro atoms. The summed E-state index contributed by atoms with van der Waals surface area (Å²) in [5, 5.41) is 12.1. The van der Waals surface area contributed by atoms with Crippen molar-refractivity contribution in [3.63, 3.8) is 0 Å². The summed E-state index contributed by atoms with van der Waals surface area (Å²) in [6.45, 7) is 0.459.